The van der Waals surface area contributed by atoms with Crippen molar-refractivity contribution >= 4 is 23.6 Å². The zero-order valence-electron chi connectivity index (χ0n) is 26.4. The summed E-state index contributed by atoms with van der Waals surface area (Å²) in [6.45, 7) is 4.13. The van der Waals surface area contributed by atoms with E-state index in [1.165, 1.54) is 6.20 Å². The van der Waals surface area contributed by atoms with Crippen molar-refractivity contribution in [2.24, 2.45) is 7.05 Å². The summed E-state index contributed by atoms with van der Waals surface area (Å²) in [5.41, 5.74) is 3.28. The summed E-state index contributed by atoms with van der Waals surface area (Å²) in [6.07, 6.45) is 10.2. The molecule has 0 bridgehead atoms. The molecule has 4 heterocycles. The van der Waals surface area contributed by atoms with Gasteiger partial charge in [-0.05, 0) is 49.8 Å². The van der Waals surface area contributed by atoms with E-state index in [4.69, 9.17) is 4.98 Å². The summed E-state index contributed by atoms with van der Waals surface area (Å²) in [5.74, 6) is 1.55. The Kier molecular flexibility index (Phi) is 11.1. The third-order valence-electron chi connectivity index (χ3n) is 8.14. The lowest BCUT2D eigenvalue weighted by atomic mass is 10.0. The van der Waals surface area contributed by atoms with E-state index in [1.54, 1.807) is 22.0 Å². The molecule has 4 aromatic rings. The number of nitrogens with zero attached hydrogens (tertiary/aromatic N) is 8. The predicted molar refractivity (Wildman–Crippen MR) is 177 cm³/mol. The van der Waals surface area contributed by atoms with Gasteiger partial charge < -0.3 is 15.5 Å². The lowest BCUT2D eigenvalue weighted by molar-refractivity contribution is 0.242. The molecular formula is C34H41FN10O. The summed E-state index contributed by atoms with van der Waals surface area (Å²) in [6, 6.07) is 15.6. The van der Waals surface area contributed by atoms with Crippen LogP contribution in [0.3, 0.4) is 0 Å². The van der Waals surface area contributed by atoms with Crippen LogP contribution in [0, 0.1) is 11.3 Å². The van der Waals surface area contributed by atoms with Crippen molar-refractivity contribution in [1.82, 2.24) is 30.0 Å². The number of aromatic nitrogens is 5. The summed E-state index contributed by atoms with van der Waals surface area (Å²) >= 11 is 0. The Morgan fingerprint density at radius 2 is 1.89 bits per heavy atom. The van der Waals surface area contributed by atoms with Gasteiger partial charge in [0, 0.05) is 62.8 Å². The van der Waals surface area contributed by atoms with Crippen LogP contribution in [0.5, 0.6) is 0 Å². The average Bonchev–Trinajstić information content (AvgIpc) is 3.53. The monoisotopic (exact) mass is 624 g/mol. The second kappa shape index (κ2) is 15.8. The maximum atomic E-state index is 13.8. The van der Waals surface area contributed by atoms with Crippen LogP contribution >= 0.6 is 0 Å². The number of halogens is 1. The van der Waals surface area contributed by atoms with E-state index >= 15 is 0 Å². The Morgan fingerprint density at radius 1 is 1.09 bits per heavy atom. The zero-order chi connectivity index (χ0) is 32.3. The van der Waals surface area contributed by atoms with Crippen LogP contribution in [-0.2, 0) is 13.6 Å². The maximum absolute atomic E-state index is 13.8. The van der Waals surface area contributed by atoms with E-state index in [0.29, 0.717) is 62.2 Å². The number of hydrogen-bond donors (Lipinski definition) is 2. The summed E-state index contributed by atoms with van der Waals surface area (Å²) < 4.78 is 15.5. The van der Waals surface area contributed by atoms with Crippen LogP contribution in [0.1, 0.15) is 56.6 Å². The molecule has 5 rings (SSSR count). The molecule has 1 aliphatic rings. The quantitative estimate of drug-likeness (QED) is 0.177. The first kappa shape index (κ1) is 32.3. The molecule has 1 aromatic carbocycles. The van der Waals surface area contributed by atoms with Crippen molar-refractivity contribution in [3.63, 3.8) is 0 Å². The number of urea groups is 1. The predicted octanol–water partition coefficient (Wildman–Crippen LogP) is 5.86. The van der Waals surface area contributed by atoms with Gasteiger partial charge >= 0.3 is 6.03 Å². The number of rotatable bonds is 13. The van der Waals surface area contributed by atoms with Crippen molar-refractivity contribution in [2.75, 3.05) is 34.8 Å². The molecule has 1 aliphatic heterocycles. The average molecular weight is 625 g/mol. The second-order valence-corrected chi connectivity index (χ2v) is 11.5. The Morgan fingerprint density at radius 3 is 2.57 bits per heavy atom. The number of nitrogens with one attached hydrogen (secondary N) is 2. The van der Waals surface area contributed by atoms with Crippen LogP contribution in [0.15, 0.2) is 67.3 Å². The van der Waals surface area contributed by atoms with Crippen LogP contribution in [0.25, 0.3) is 11.1 Å². The highest BCUT2D eigenvalue weighted by molar-refractivity contribution is 5.91. The number of anilines is 3. The summed E-state index contributed by atoms with van der Waals surface area (Å²) in [4.78, 5) is 31.2. The highest BCUT2D eigenvalue weighted by Crippen LogP contribution is 2.26. The van der Waals surface area contributed by atoms with Crippen LogP contribution < -0.4 is 20.4 Å². The number of carbonyl (C=O) groups excluding carboxylic acids is 1. The number of aryl methyl sites for hydroxylation is 1. The van der Waals surface area contributed by atoms with Gasteiger partial charge in [0.1, 0.15) is 23.6 Å². The fraction of sp³-hybridized carbons (Fsp3) is 0.412. The first-order valence-electron chi connectivity index (χ1n) is 15.9. The summed E-state index contributed by atoms with van der Waals surface area (Å²) in [7, 11) is 1.87. The molecule has 0 saturated carbocycles. The number of carbonyl (C=O) groups is 1. The molecule has 0 unspecified atom stereocenters. The molecule has 2 N–H and O–H groups in total. The minimum Gasteiger partial charge on any atom is -0.355 e. The standard InChI is InChI=1S/C34H41FN10O/c1-3-8-30(11-7-16-37-33-39-22-27(19-36)32(42-33)44-17-14-29(35)15-18-44)45(34(46)40-20-25-9-5-4-6-10-25)31-13-12-26(21-38-31)28-23-41-43(2)24-28/h4-6,9-10,12-13,21-24,29-30H,3,7-8,11,14-18,20H2,1-2H3,(H,40,46)(H,37,39,42)/t30-/m0/s1. The number of pyridine rings is 1. The normalized spacial score (nSPS) is 14.0. The Balaban J connectivity index is 1.28. The largest absolute Gasteiger partial charge is 0.355 e. The summed E-state index contributed by atoms with van der Waals surface area (Å²) in [5, 5.41) is 20.2. The topological polar surface area (TPSA) is 128 Å². The molecule has 1 saturated heterocycles. The van der Waals surface area contributed by atoms with Gasteiger partial charge in [-0.15, -0.1) is 0 Å². The molecule has 1 atom stereocenters. The third kappa shape index (κ3) is 8.35. The fourth-order valence-corrected chi connectivity index (χ4v) is 5.70. The molecule has 0 radical (unpaired) electrons. The molecule has 3 aromatic heterocycles. The first-order valence-corrected chi connectivity index (χ1v) is 15.9. The Hall–Kier alpha value is -5.05. The lowest BCUT2D eigenvalue weighted by Gasteiger charge is -2.31. The molecule has 0 aliphatic carbocycles. The van der Waals surface area contributed by atoms with Gasteiger partial charge in [-0.2, -0.15) is 15.3 Å². The van der Waals surface area contributed by atoms with E-state index in [0.717, 1.165) is 42.4 Å². The molecule has 0 spiro atoms. The molecule has 11 nitrogen and oxygen atoms in total. The molecule has 240 valence electrons. The van der Waals surface area contributed by atoms with Crippen molar-refractivity contribution in [3.05, 3.63) is 78.4 Å². The van der Waals surface area contributed by atoms with Gasteiger partial charge in [-0.3, -0.25) is 9.58 Å². The fourth-order valence-electron chi connectivity index (χ4n) is 5.70. The van der Waals surface area contributed by atoms with Gasteiger partial charge in [0.2, 0.25) is 5.95 Å². The number of piperidine rings is 1. The minimum atomic E-state index is -0.813. The second-order valence-electron chi connectivity index (χ2n) is 11.5. The van der Waals surface area contributed by atoms with Crippen molar-refractivity contribution in [2.45, 2.75) is 64.2 Å². The van der Waals surface area contributed by atoms with Gasteiger partial charge in [-0.25, -0.2) is 19.2 Å². The highest BCUT2D eigenvalue weighted by Gasteiger charge is 2.26. The molecule has 12 heteroatoms. The molecule has 46 heavy (non-hydrogen) atoms. The van der Waals surface area contributed by atoms with Crippen molar-refractivity contribution in [1.29, 1.82) is 5.26 Å². The van der Waals surface area contributed by atoms with E-state index in [9.17, 15) is 14.4 Å². The Labute approximate surface area is 269 Å². The number of hydrogen-bond acceptors (Lipinski definition) is 8. The molecule has 1 fully saturated rings. The molecular weight excluding hydrogens is 583 g/mol. The minimum absolute atomic E-state index is 0.0984. The zero-order valence-corrected chi connectivity index (χ0v) is 26.4. The van der Waals surface area contributed by atoms with Gasteiger partial charge in [-0.1, -0.05) is 43.7 Å². The first-order chi connectivity index (χ1) is 22.4. The van der Waals surface area contributed by atoms with E-state index < -0.39 is 6.17 Å². The van der Waals surface area contributed by atoms with Crippen molar-refractivity contribution in [3.8, 4) is 17.2 Å². The van der Waals surface area contributed by atoms with Gasteiger partial charge in [0.25, 0.3) is 0 Å². The van der Waals surface area contributed by atoms with E-state index in [1.807, 2.05) is 60.6 Å². The number of nitriles is 1. The smallest absolute Gasteiger partial charge is 0.323 e. The van der Waals surface area contributed by atoms with Gasteiger partial charge in [0.15, 0.2) is 5.82 Å². The van der Waals surface area contributed by atoms with Gasteiger partial charge in [0.05, 0.1) is 12.4 Å². The maximum Gasteiger partial charge on any atom is 0.323 e. The molecule has 2 amide bonds. The Bertz CT molecular complexity index is 1600. The van der Waals surface area contributed by atoms with Crippen LogP contribution in [0.4, 0.5) is 26.8 Å². The SMILES string of the molecule is CCC[C@@H](CCCNc1ncc(C#N)c(N2CCC(F)CC2)n1)N(C(=O)NCc1ccccc1)c1ccc(-c2cnn(C)c2)cn1. The van der Waals surface area contributed by atoms with E-state index in [-0.39, 0.29) is 12.1 Å². The number of alkyl halides is 1. The van der Waals surface area contributed by atoms with Crippen molar-refractivity contribution < 1.29 is 9.18 Å². The van der Waals surface area contributed by atoms with Crippen LogP contribution in [-0.4, -0.2) is 62.6 Å². The van der Waals surface area contributed by atoms with Crippen LogP contribution in [0.2, 0.25) is 0 Å². The third-order valence-corrected chi connectivity index (χ3v) is 8.14. The number of amides is 2. The number of benzene rings is 1. The van der Waals surface area contributed by atoms with E-state index in [2.05, 4.69) is 38.7 Å². The lowest BCUT2D eigenvalue weighted by Crippen LogP contribution is -2.47. The highest BCUT2D eigenvalue weighted by atomic mass is 19.1.